The van der Waals surface area contributed by atoms with Crippen molar-refractivity contribution >= 4 is 11.6 Å². The highest BCUT2D eigenvalue weighted by Gasteiger charge is 2.10. The Hall–Kier alpha value is -2.35. The van der Waals surface area contributed by atoms with Crippen LogP contribution in [0, 0.1) is 0 Å². The molecule has 1 aliphatic rings. The van der Waals surface area contributed by atoms with E-state index in [1.54, 1.807) is 18.2 Å². The second-order valence-electron chi connectivity index (χ2n) is 5.38. The molecule has 0 spiro atoms. The van der Waals surface area contributed by atoms with Crippen LogP contribution >= 0.6 is 0 Å². The van der Waals surface area contributed by atoms with Gasteiger partial charge in [-0.05, 0) is 12.1 Å². The molecule has 0 aromatic heterocycles. The lowest BCUT2D eigenvalue weighted by atomic mass is 10.2. The average molecular weight is 363 g/mol. The molecular weight excluding hydrogens is 338 g/mol. The lowest BCUT2D eigenvalue weighted by Gasteiger charge is -2.15. The van der Waals surface area contributed by atoms with Crippen LogP contribution in [0.25, 0.3) is 0 Å². The number of anilines is 1. The molecule has 0 radical (unpaired) electrons. The number of carbonyl (C=O) groups is 1. The highest BCUT2D eigenvalue weighted by Crippen LogP contribution is 2.30. The molecule has 1 aromatic rings. The van der Waals surface area contributed by atoms with Gasteiger partial charge in [0.2, 0.25) is 0 Å². The van der Waals surface area contributed by atoms with E-state index in [9.17, 15) is 4.79 Å². The number of carbonyl (C=O) groups excluding carboxylic acids is 1. The second-order valence-corrected chi connectivity index (χ2v) is 5.38. The van der Waals surface area contributed by atoms with Gasteiger partial charge in [0.1, 0.15) is 13.2 Å². The van der Waals surface area contributed by atoms with Gasteiger partial charge in [-0.25, -0.2) is 0 Å². The fraction of sp³-hybridized carbons (Fsp3) is 0.421. The number of hydrogen-bond acceptors (Lipinski definition) is 6. The summed E-state index contributed by atoms with van der Waals surface area (Å²) in [6.07, 6.45) is 1.40. The molecule has 0 saturated heterocycles. The van der Waals surface area contributed by atoms with E-state index in [1.807, 2.05) is 0 Å². The Bertz CT molecular complexity index is 616. The molecule has 142 valence electrons. The first-order valence-electron chi connectivity index (χ1n) is 8.46. The van der Waals surface area contributed by atoms with Gasteiger partial charge < -0.3 is 29.0 Å². The molecule has 1 heterocycles. The number of hydrogen-bond donors (Lipinski definition) is 1. The largest absolute Gasteiger partial charge is 0.487 e. The molecule has 1 amide bonds. The van der Waals surface area contributed by atoms with Gasteiger partial charge in [-0.15, -0.1) is 0 Å². The van der Waals surface area contributed by atoms with E-state index in [0.29, 0.717) is 70.0 Å². The third kappa shape index (κ3) is 6.87. The van der Waals surface area contributed by atoms with Crippen molar-refractivity contribution in [2.75, 3.05) is 58.2 Å². The third-order valence-electron chi connectivity index (χ3n) is 3.45. The maximum Gasteiger partial charge on any atom is 0.255 e. The van der Waals surface area contributed by atoms with Crippen molar-refractivity contribution in [1.82, 2.24) is 0 Å². The standard InChI is InChI=1S/C19H25NO6/c1-3-15(2)19(21)20-16-4-5-17-18(14-16)26-13-11-24-9-7-22-6-8-23-10-12-25-17/h3-5,14H,1-2,6-13H2,(H,20,21). The fourth-order valence-corrected chi connectivity index (χ4v) is 2.08. The molecule has 1 N–H and O–H groups in total. The highest BCUT2D eigenvalue weighted by atomic mass is 16.6. The van der Waals surface area contributed by atoms with Crippen LogP contribution in [0.15, 0.2) is 43.0 Å². The quantitative estimate of drug-likeness (QED) is 0.655. The topological polar surface area (TPSA) is 75.3 Å². The van der Waals surface area contributed by atoms with E-state index in [2.05, 4.69) is 18.5 Å². The van der Waals surface area contributed by atoms with Crippen molar-refractivity contribution in [2.45, 2.75) is 0 Å². The maximum absolute atomic E-state index is 11.9. The summed E-state index contributed by atoms with van der Waals surface area (Å²) in [5.41, 5.74) is 0.856. The number of benzene rings is 1. The summed E-state index contributed by atoms with van der Waals surface area (Å²) in [5, 5.41) is 2.74. The summed E-state index contributed by atoms with van der Waals surface area (Å²) < 4.78 is 27.7. The van der Waals surface area contributed by atoms with Crippen LogP contribution in [0.1, 0.15) is 0 Å². The highest BCUT2D eigenvalue weighted by molar-refractivity contribution is 6.05. The zero-order chi connectivity index (χ0) is 18.6. The van der Waals surface area contributed by atoms with Crippen molar-refractivity contribution in [2.24, 2.45) is 0 Å². The molecule has 1 aromatic carbocycles. The van der Waals surface area contributed by atoms with Gasteiger partial charge in [0, 0.05) is 17.3 Å². The van der Waals surface area contributed by atoms with Gasteiger partial charge in [-0.2, -0.15) is 0 Å². The van der Waals surface area contributed by atoms with Gasteiger partial charge >= 0.3 is 0 Å². The minimum atomic E-state index is -0.324. The predicted octanol–water partition coefficient (Wildman–Crippen LogP) is 2.19. The van der Waals surface area contributed by atoms with E-state index in [-0.39, 0.29) is 11.5 Å². The first-order valence-corrected chi connectivity index (χ1v) is 8.46. The monoisotopic (exact) mass is 363 g/mol. The Labute approximate surface area is 153 Å². The normalized spacial score (nSPS) is 16.6. The second kappa shape index (κ2) is 11.3. The molecule has 2 rings (SSSR count). The van der Waals surface area contributed by atoms with Crippen molar-refractivity contribution in [1.29, 1.82) is 0 Å². The summed E-state index contributed by atoms with van der Waals surface area (Å²) in [6, 6.07) is 5.17. The molecule has 1 aliphatic heterocycles. The van der Waals surface area contributed by atoms with E-state index in [4.69, 9.17) is 23.7 Å². The lowest BCUT2D eigenvalue weighted by molar-refractivity contribution is -0.112. The van der Waals surface area contributed by atoms with Gasteiger partial charge in [0.15, 0.2) is 11.5 Å². The van der Waals surface area contributed by atoms with Crippen molar-refractivity contribution < 1.29 is 28.5 Å². The minimum Gasteiger partial charge on any atom is -0.487 e. The van der Waals surface area contributed by atoms with E-state index >= 15 is 0 Å². The molecule has 0 atom stereocenters. The summed E-state index contributed by atoms with van der Waals surface area (Å²) in [5.74, 6) is 0.761. The lowest BCUT2D eigenvalue weighted by Crippen LogP contribution is -2.13. The van der Waals surface area contributed by atoms with Crippen LogP contribution in [-0.4, -0.2) is 58.8 Å². The molecule has 7 heteroatoms. The van der Waals surface area contributed by atoms with Crippen LogP contribution in [0.3, 0.4) is 0 Å². The third-order valence-corrected chi connectivity index (χ3v) is 3.45. The van der Waals surface area contributed by atoms with Crippen LogP contribution < -0.4 is 14.8 Å². The maximum atomic E-state index is 11.9. The Kier molecular flexibility index (Phi) is 8.68. The number of rotatable bonds is 3. The molecular formula is C19H25NO6. The molecule has 0 fully saturated rings. The van der Waals surface area contributed by atoms with Crippen LogP contribution in [0.2, 0.25) is 0 Å². The van der Waals surface area contributed by atoms with Gasteiger partial charge in [0.05, 0.1) is 39.6 Å². The number of fused-ring (bicyclic) bond motifs is 1. The van der Waals surface area contributed by atoms with E-state index in [1.165, 1.54) is 6.08 Å². The van der Waals surface area contributed by atoms with Crippen LogP contribution in [0.4, 0.5) is 5.69 Å². The first-order chi connectivity index (χ1) is 12.7. The SMILES string of the molecule is C=CC(=C)C(=O)Nc1ccc2c(c1)OCCOCCOCCOCCO2. The van der Waals surface area contributed by atoms with Crippen molar-refractivity contribution in [3.63, 3.8) is 0 Å². The Balaban J connectivity index is 2.04. The molecule has 26 heavy (non-hydrogen) atoms. The molecule has 7 nitrogen and oxygen atoms in total. The van der Waals surface area contributed by atoms with Gasteiger partial charge in [-0.3, -0.25) is 4.79 Å². The van der Waals surface area contributed by atoms with Crippen LogP contribution in [-0.2, 0) is 19.0 Å². The zero-order valence-electron chi connectivity index (χ0n) is 14.8. The Morgan fingerprint density at radius 3 is 2.00 bits per heavy atom. The van der Waals surface area contributed by atoms with E-state index < -0.39 is 0 Å². The van der Waals surface area contributed by atoms with Gasteiger partial charge in [0.25, 0.3) is 5.91 Å². The predicted molar refractivity (Wildman–Crippen MR) is 97.9 cm³/mol. The molecule has 0 bridgehead atoms. The molecule has 0 saturated carbocycles. The van der Waals surface area contributed by atoms with E-state index in [0.717, 1.165) is 0 Å². The molecule has 0 aliphatic carbocycles. The fourth-order valence-electron chi connectivity index (χ4n) is 2.08. The Morgan fingerprint density at radius 2 is 1.42 bits per heavy atom. The minimum absolute atomic E-state index is 0.283. The summed E-state index contributed by atoms with van der Waals surface area (Å²) >= 11 is 0. The average Bonchev–Trinajstić information content (AvgIpc) is 2.66. The first kappa shape index (κ1) is 20.0. The number of amides is 1. The summed E-state index contributed by atoms with van der Waals surface area (Å²) in [6.45, 7) is 10.8. The zero-order valence-corrected chi connectivity index (χ0v) is 14.8. The number of nitrogens with one attached hydrogen (secondary N) is 1. The van der Waals surface area contributed by atoms with Crippen molar-refractivity contribution in [3.05, 3.63) is 43.0 Å². The smallest absolute Gasteiger partial charge is 0.255 e. The number of ether oxygens (including phenoxy) is 5. The Morgan fingerprint density at radius 1 is 0.885 bits per heavy atom. The van der Waals surface area contributed by atoms with Crippen LogP contribution in [0.5, 0.6) is 11.5 Å². The molecule has 0 unspecified atom stereocenters. The van der Waals surface area contributed by atoms with Gasteiger partial charge in [-0.1, -0.05) is 19.2 Å². The summed E-state index contributed by atoms with van der Waals surface area (Å²) in [4.78, 5) is 11.9. The van der Waals surface area contributed by atoms with Crippen molar-refractivity contribution in [3.8, 4) is 11.5 Å². The summed E-state index contributed by atoms with van der Waals surface area (Å²) in [7, 11) is 0.